The molecule has 0 heterocycles. The van der Waals surface area contributed by atoms with Gasteiger partial charge in [0.15, 0.2) is 0 Å². The van der Waals surface area contributed by atoms with E-state index in [-0.39, 0.29) is 6.61 Å². The minimum atomic E-state index is 0.0156. The predicted octanol–water partition coefficient (Wildman–Crippen LogP) is 6.81. The van der Waals surface area contributed by atoms with E-state index in [1.54, 1.807) is 0 Å². The number of hydrogen-bond acceptors (Lipinski definition) is 3. The summed E-state index contributed by atoms with van der Waals surface area (Å²) in [6, 6.07) is 33.8. The maximum Gasteiger partial charge on any atom is 0.119 e. The van der Waals surface area contributed by atoms with Gasteiger partial charge in [0.05, 0.1) is 6.61 Å². The highest BCUT2D eigenvalue weighted by Gasteiger charge is 2.12. The van der Waals surface area contributed by atoms with Crippen LogP contribution in [-0.2, 0) is 0 Å². The Morgan fingerprint density at radius 3 is 1.39 bits per heavy atom. The summed E-state index contributed by atoms with van der Waals surface area (Å²) in [7, 11) is 0. The zero-order chi connectivity index (χ0) is 21.6. The molecule has 0 aliphatic rings. The third-order valence-electron chi connectivity index (χ3n) is 5.26. The molecule has 0 bridgehead atoms. The van der Waals surface area contributed by atoms with E-state index in [4.69, 9.17) is 9.84 Å². The molecule has 4 rings (SSSR count). The average Bonchev–Trinajstić information content (AvgIpc) is 2.81. The van der Waals surface area contributed by atoms with Crippen LogP contribution in [0.4, 0.5) is 17.1 Å². The number of hydrogen-bond donors (Lipinski definition) is 1. The number of ether oxygens (including phenoxy) is 1. The van der Waals surface area contributed by atoms with Crippen LogP contribution < -0.4 is 9.64 Å². The van der Waals surface area contributed by atoms with Gasteiger partial charge in [-0.15, -0.1) is 0 Å². The van der Waals surface area contributed by atoms with Crippen LogP contribution in [0.25, 0.3) is 11.1 Å². The van der Waals surface area contributed by atoms with E-state index in [2.05, 4.69) is 91.5 Å². The summed E-state index contributed by atoms with van der Waals surface area (Å²) in [5.74, 6) is 0.763. The molecule has 0 amide bonds. The number of rotatable bonds is 7. The first-order valence-electron chi connectivity index (χ1n) is 10.5. The minimum absolute atomic E-state index is 0.0156. The number of benzene rings is 4. The molecular weight excluding hydrogens is 382 g/mol. The van der Waals surface area contributed by atoms with Gasteiger partial charge in [0.25, 0.3) is 0 Å². The van der Waals surface area contributed by atoms with Crippen molar-refractivity contribution in [1.29, 1.82) is 0 Å². The lowest BCUT2D eigenvalue weighted by Crippen LogP contribution is -2.09. The number of aliphatic hydroxyl groups is 1. The van der Waals surface area contributed by atoms with Crippen molar-refractivity contribution in [2.45, 2.75) is 13.8 Å². The molecule has 0 unspecified atom stereocenters. The van der Waals surface area contributed by atoms with Gasteiger partial charge in [-0.2, -0.15) is 0 Å². The van der Waals surface area contributed by atoms with Gasteiger partial charge in [-0.25, -0.2) is 0 Å². The van der Waals surface area contributed by atoms with Crippen LogP contribution in [0, 0.1) is 13.8 Å². The second kappa shape index (κ2) is 9.50. The Morgan fingerprint density at radius 2 is 0.968 bits per heavy atom. The molecule has 0 radical (unpaired) electrons. The lowest BCUT2D eigenvalue weighted by atomic mass is 10.0. The fraction of sp³-hybridized carbons (Fsp3) is 0.143. The summed E-state index contributed by atoms with van der Waals surface area (Å²) in [5, 5.41) is 8.89. The summed E-state index contributed by atoms with van der Waals surface area (Å²) in [6.45, 7) is 4.54. The van der Waals surface area contributed by atoms with E-state index in [0.717, 1.165) is 33.9 Å². The molecule has 156 valence electrons. The van der Waals surface area contributed by atoms with Crippen molar-refractivity contribution in [2.75, 3.05) is 18.1 Å². The zero-order valence-electron chi connectivity index (χ0n) is 18.0. The van der Waals surface area contributed by atoms with Gasteiger partial charge in [-0.1, -0.05) is 59.7 Å². The third-order valence-corrected chi connectivity index (χ3v) is 5.26. The topological polar surface area (TPSA) is 32.7 Å². The lowest BCUT2D eigenvalue weighted by molar-refractivity contribution is 0.201. The molecule has 0 aromatic heterocycles. The molecule has 0 saturated carbocycles. The molecule has 0 spiro atoms. The number of aliphatic hydroxyl groups excluding tert-OH is 1. The standard InChI is InChI=1S/C28H27NO2/c1-21-3-11-25(12-4-21)29(26-13-5-22(2)6-14-26)27-15-7-23(8-16-27)24-9-17-28(18-10-24)31-20-19-30/h3-18,30H,19-20H2,1-2H3. The Bertz CT molecular complexity index is 1050. The highest BCUT2D eigenvalue weighted by Crippen LogP contribution is 2.36. The summed E-state index contributed by atoms with van der Waals surface area (Å²) in [5.41, 5.74) is 8.13. The molecule has 4 aromatic carbocycles. The van der Waals surface area contributed by atoms with Crippen LogP contribution >= 0.6 is 0 Å². The molecule has 31 heavy (non-hydrogen) atoms. The fourth-order valence-electron chi connectivity index (χ4n) is 3.54. The molecule has 3 heteroatoms. The van der Waals surface area contributed by atoms with Crippen molar-refractivity contribution in [1.82, 2.24) is 0 Å². The van der Waals surface area contributed by atoms with Crippen LogP contribution in [0.2, 0.25) is 0 Å². The van der Waals surface area contributed by atoms with Gasteiger partial charge in [-0.05, 0) is 73.5 Å². The lowest BCUT2D eigenvalue weighted by Gasteiger charge is -2.26. The highest BCUT2D eigenvalue weighted by atomic mass is 16.5. The molecule has 0 saturated heterocycles. The highest BCUT2D eigenvalue weighted by molar-refractivity contribution is 5.78. The van der Waals surface area contributed by atoms with Gasteiger partial charge in [0.2, 0.25) is 0 Å². The van der Waals surface area contributed by atoms with E-state index >= 15 is 0 Å². The van der Waals surface area contributed by atoms with Gasteiger partial charge < -0.3 is 14.7 Å². The minimum Gasteiger partial charge on any atom is -0.491 e. The van der Waals surface area contributed by atoms with E-state index in [1.165, 1.54) is 11.1 Å². The maximum atomic E-state index is 8.89. The SMILES string of the molecule is Cc1ccc(N(c2ccc(C)cc2)c2ccc(-c3ccc(OCCO)cc3)cc2)cc1. The van der Waals surface area contributed by atoms with Crippen LogP contribution in [0.1, 0.15) is 11.1 Å². The first kappa shape index (κ1) is 20.7. The van der Waals surface area contributed by atoms with Crippen molar-refractivity contribution in [2.24, 2.45) is 0 Å². The second-order valence-electron chi connectivity index (χ2n) is 7.65. The molecule has 3 nitrogen and oxygen atoms in total. The number of aryl methyl sites for hydroxylation is 2. The monoisotopic (exact) mass is 409 g/mol. The van der Waals surface area contributed by atoms with Gasteiger partial charge >= 0.3 is 0 Å². The Labute approximate surface area is 184 Å². The predicted molar refractivity (Wildman–Crippen MR) is 129 cm³/mol. The molecule has 4 aromatic rings. The van der Waals surface area contributed by atoms with E-state index in [1.807, 2.05) is 24.3 Å². The first-order chi connectivity index (χ1) is 15.1. The Morgan fingerprint density at radius 1 is 0.581 bits per heavy atom. The average molecular weight is 410 g/mol. The van der Waals surface area contributed by atoms with Crippen LogP contribution in [0.3, 0.4) is 0 Å². The summed E-state index contributed by atoms with van der Waals surface area (Å²) >= 11 is 0. The van der Waals surface area contributed by atoms with E-state index in [0.29, 0.717) is 6.61 Å². The normalized spacial score (nSPS) is 10.7. The Hall–Kier alpha value is -3.56. The summed E-state index contributed by atoms with van der Waals surface area (Å²) in [4.78, 5) is 2.27. The van der Waals surface area contributed by atoms with Gasteiger partial charge in [-0.3, -0.25) is 0 Å². The zero-order valence-corrected chi connectivity index (χ0v) is 18.0. The fourth-order valence-corrected chi connectivity index (χ4v) is 3.54. The van der Waals surface area contributed by atoms with Crippen molar-refractivity contribution >= 4 is 17.1 Å². The Balaban J connectivity index is 1.64. The third kappa shape index (κ3) is 4.96. The van der Waals surface area contributed by atoms with Crippen LogP contribution in [-0.4, -0.2) is 18.3 Å². The van der Waals surface area contributed by atoms with Crippen molar-refractivity contribution in [3.8, 4) is 16.9 Å². The second-order valence-corrected chi connectivity index (χ2v) is 7.65. The molecular formula is C28H27NO2. The van der Waals surface area contributed by atoms with E-state index < -0.39 is 0 Å². The van der Waals surface area contributed by atoms with E-state index in [9.17, 15) is 0 Å². The largest absolute Gasteiger partial charge is 0.491 e. The molecule has 0 aliphatic carbocycles. The molecule has 0 aliphatic heterocycles. The molecule has 0 atom stereocenters. The smallest absolute Gasteiger partial charge is 0.119 e. The number of nitrogens with zero attached hydrogens (tertiary/aromatic N) is 1. The van der Waals surface area contributed by atoms with Crippen LogP contribution in [0.15, 0.2) is 97.1 Å². The van der Waals surface area contributed by atoms with Crippen LogP contribution in [0.5, 0.6) is 5.75 Å². The van der Waals surface area contributed by atoms with Crippen molar-refractivity contribution in [3.63, 3.8) is 0 Å². The maximum absolute atomic E-state index is 8.89. The molecule has 1 N–H and O–H groups in total. The van der Waals surface area contributed by atoms with Gasteiger partial charge in [0, 0.05) is 17.1 Å². The summed E-state index contributed by atoms with van der Waals surface area (Å²) < 4.78 is 5.45. The summed E-state index contributed by atoms with van der Waals surface area (Å²) in [6.07, 6.45) is 0. The Kier molecular flexibility index (Phi) is 6.34. The molecule has 0 fully saturated rings. The van der Waals surface area contributed by atoms with Gasteiger partial charge in [0.1, 0.15) is 12.4 Å². The van der Waals surface area contributed by atoms with Crippen molar-refractivity contribution in [3.05, 3.63) is 108 Å². The quantitative estimate of drug-likeness (QED) is 0.364. The van der Waals surface area contributed by atoms with Crippen molar-refractivity contribution < 1.29 is 9.84 Å². The number of anilines is 3. The first-order valence-corrected chi connectivity index (χ1v) is 10.5.